The third kappa shape index (κ3) is 8.24. The number of carbonyl (C=O) groups is 4. The fraction of sp³-hybridized carbons (Fsp3) is 0.583. The minimum atomic E-state index is -1.21. The van der Waals surface area contributed by atoms with E-state index >= 15 is 0 Å². The monoisotopic (exact) mass is 479 g/mol. The molecule has 1 aromatic rings. The van der Waals surface area contributed by atoms with Gasteiger partial charge < -0.3 is 30.1 Å². The lowest BCUT2D eigenvalue weighted by Gasteiger charge is -2.44. The molecule has 0 spiro atoms. The summed E-state index contributed by atoms with van der Waals surface area (Å²) in [6.45, 7) is 11.6. The van der Waals surface area contributed by atoms with Gasteiger partial charge in [-0.15, -0.1) is 0 Å². The lowest BCUT2D eigenvalue weighted by molar-refractivity contribution is -0.149. The molecule has 2 unspecified atom stereocenters. The Labute approximate surface area is 201 Å². The summed E-state index contributed by atoms with van der Waals surface area (Å²) in [6.07, 6.45) is -0.302. The topological polar surface area (TPSA) is 134 Å². The molecule has 0 fully saturated rings. The number of alkyl carbamates (subject to hydrolysis) is 1. The maximum absolute atomic E-state index is 13.7. The highest BCUT2D eigenvalue weighted by molar-refractivity contribution is 5.93. The Bertz CT molecular complexity index is 893. The molecule has 1 rings (SSSR count). The molecular weight excluding hydrogens is 442 g/mol. The molecule has 0 aliphatic carbocycles. The maximum Gasteiger partial charge on any atom is 0.408 e. The van der Waals surface area contributed by atoms with E-state index in [4.69, 9.17) is 4.74 Å². The van der Waals surface area contributed by atoms with Crippen LogP contribution < -0.4 is 10.6 Å². The highest BCUT2D eigenvalue weighted by atomic mass is 16.6. The Kier molecular flexibility index (Phi) is 9.90. The summed E-state index contributed by atoms with van der Waals surface area (Å²) in [5, 5.41) is 15.0. The second-order valence-electron chi connectivity index (χ2n) is 9.53. The van der Waals surface area contributed by atoms with Crippen LogP contribution in [-0.4, -0.2) is 64.7 Å². The maximum atomic E-state index is 13.7. The average molecular weight is 480 g/mol. The van der Waals surface area contributed by atoms with Crippen molar-refractivity contribution in [2.45, 2.75) is 78.1 Å². The molecule has 34 heavy (non-hydrogen) atoms. The largest absolute Gasteiger partial charge is 0.508 e. The van der Waals surface area contributed by atoms with Gasteiger partial charge in [0.1, 0.15) is 30.0 Å². The van der Waals surface area contributed by atoms with E-state index in [1.165, 1.54) is 31.1 Å². The van der Waals surface area contributed by atoms with Gasteiger partial charge in [-0.3, -0.25) is 14.4 Å². The number of rotatable bonds is 9. The van der Waals surface area contributed by atoms with Crippen LogP contribution in [0.25, 0.3) is 0 Å². The van der Waals surface area contributed by atoms with Crippen LogP contribution in [0, 0.1) is 0 Å². The molecule has 2 atom stereocenters. The van der Waals surface area contributed by atoms with Crippen molar-refractivity contribution in [3.8, 4) is 5.75 Å². The van der Waals surface area contributed by atoms with E-state index in [1.807, 2.05) is 6.92 Å². The number of phenolic OH excluding ortho intramolecular Hbond substituents is 1. The summed E-state index contributed by atoms with van der Waals surface area (Å²) in [5.74, 6) is -1.94. The van der Waals surface area contributed by atoms with E-state index in [0.29, 0.717) is 12.0 Å². The standard InChI is InChI=1S/C24H37N3O7/c1-9-24(6,7)27(21(31)15(2)26-22(32)34-23(3,4)5)19(16-11-10-12-17(28)13-16)20(30)25-14-18(29)33-8/h10-13,15,19,28H,9,14H2,1-8H3,(H,25,30)(H,26,32). The highest BCUT2D eigenvalue weighted by Gasteiger charge is 2.42. The van der Waals surface area contributed by atoms with Gasteiger partial charge in [-0.2, -0.15) is 0 Å². The van der Waals surface area contributed by atoms with Crippen LogP contribution in [0.1, 0.15) is 66.5 Å². The minimum Gasteiger partial charge on any atom is -0.508 e. The number of aromatic hydroxyl groups is 1. The summed E-state index contributed by atoms with van der Waals surface area (Å²) in [4.78, 5) is 52.2. The van der Waals surface area contributed by atoms with Crippen molar-refractivity contribution >= 4 is 23.9 Å². The molecule has 0 bridgehead atoms. The van der Waals surface area contributed by atoms with Gasteiger partial charge in [0, 0.05) is 5.54 Å². The number of nitrogens with zero attached hydrogens (tertiary/aromatic N) is 1. The number of methoxy groups -OCH3 is 1. The number of esters is 1. The molecule has 190 valence electrons. The second kappa shape index (κ2) is 11.7. The van der Waals surface area contributed by atoms with E-state index in [2.05, 4.69) is 15.4 Å². The summed E-state index contributed by atoms with van der Waals surface area (Å²) in [7, 11) is 1.20. The molecular formula is C24H37N3O7. The summed E-state index contributed by atoms with van der Waals surface area (Å²) in [5.41, 5.74) is -1.27. The van der Waals surface area contributed by atoms with Gasteiger partial charge in [-0.05, 0) is 65.7 Å². The van der Waals surface area contributed by atoms with E-state index in [0.717, 1.165) is 0 Å². The van der Waals surface area contributed by atoms with Crippen molar-refractivity contribution in [3.63, 3.8) is 0 Å². The first-order valence-electron chi connectivity index (χ1n) is 11.1. The fourth-order valence-corrected chi connectivity index (χ4v) is 3.14. The van der Waals surface area contributed by atoms with Crippen molar-refractivity contribution in [1.29, 1.82) is 0 Å². The number of hydrogen-bond acceptors (Lipinski definition) is 7. The molecule has 10 nitrogen and oxygen atoms in total. The van der Waals surface area contributed by atoms with Crippen LogP contribution in [0.4, 0.5) is 4.79 Å². The molecule has 0 heterocycles. The lowest BCUT2D eigenvalue weighted by atomic mass is 9.92. The first-order valence-corrected chi connectivity index (χ1v) is 11.1. The molecule has 0 aliphatic heterocycles. The highest BCUT2D eigenvalue weighted by Crippen LogP contribution is 2.33. The first kappa shape index (κ1) is 28.7. The zero-order chi connectivity index (χ0) is 26.3. The molecule has 3 N–H and O–H groups in total. The Morgan fingerprint density at radius 1 is 1.12 bits per heavy atom. The predicted octanol–water partition coefficient (Wildman–Crippen LogP) is 2.65. The predicted molar refractivity (Wildman–Crippen MR) is 126 cm³/mol. The van der Waals surface area contributed by atoms with Gasteiger partial charge in [0.15, 0.2) is 0 Å². The van der Waals surface area contributed by atoms with E-state index in [9.17, 15) is 24.3 Å². The number of amides is 3. The summed E-state index contributed by atoms with van der Waals surface area (Å²) in [6, 6.07) is 3.72. The van der Waals surface area contributed by atoms with Gasteiger partial charge in [0.05, 0.1) is 7.11 Å². The third-order valence-electron chi connectivity index (χ3n) is 5.19. The van der Waals surface area contributed by atoms with Gasteiger partial charge >= 0.3 is 12.1 Å². The number of hydrogen-bond donors (Lipinski definition) is 3. The molecule has 0 saturated heterocycles. The van der Waals surface area contributed by atoms with Gasteiger partial charge in [0.25, 0.3) is 0 Å². The fourth-order valence-electron chi connectivity index (χ4n) is 3.14. The number of carbonyl (C=O) groups excluding carboxylic acids is 4. The number of nitrogens with one attached hydrogen (secondary N) is 2. The van der Waals surface area contributed by atoms with Crippen LogP contribution in [0.2, 0.25) is 0 Å². The number of ether oxygens (including phenoxy) is 2. The van der Waals surface area contributed by atoms with Gasteiger partial charge in [-0.1, -0.05) is 19.1 Å². The Morgan fingerprint density at radius 3 is 2.24 bits per heavy atom. The summed E-state index contributed by atoms with van der Waals surface area (Å²) < 4.78 is 9.84. The quantitative estimate of drug-likeness (QED) is 0.464. The molecule has 0 radical (unpaired) electrons. The van der Waals surface area contributed by atoms with E-state index in [1.54, 1.807) is 46.8 Å². The summed E-state index contributed by atoms with van der Waals surface area (Å²) >= 11 is 0. The second-order valence-corrected chi connectivity index (χ2v) is 9.53. The van der Waals surface area contributed by atoms with Crippen molar-refractivity contribution in [2.75, 3.05) is 13.7 Å². The third-order valence-corrected chi connectivity index (χ3v) is 5.19. The first-order chi connectivity index (χ1) is 15.6. The SMILES string of the molecule is CCC(C)(C)N(C(=O)C(C)NC(=O)OC(C)(C)C)C(C(=O)NCC(=O)OC)c1cccc(O)c1. The van der Waals surface area contributed by atoms with Crippen molar-refractivity contribution < 1.29 is 33.8 Å². The van der Waals surface area contributed by atoms with E-state index < -0.39 is 53.6 Å². The van der Waals surface area contributed by atoms with Crippen molar-refractivity contribution in [3.05, 3.63) is 29.8 Å². The Balaban J connectivity index is 3.44. The molecule has 0 aliphatic rings. The van der Waals surface area contributed by atoms with Crippen molar-refractivity contribution in [1.82, 2.24) is 15.5 Å². The molecule has 10 heteroatoms. The van der Waals surface area contributed by atoms with Crippen LogP contribution in [0.3, 0.4) is 0 Å². The van der Waals surface area contributed by atoms with Gasteiger partial charge in [-0.25, -0.2) is 4.79 Å². The average Bonchev–Trinajstić information content (AvgIpc) is 2.73. The Hall–Kier alpha value is -3.30. The van der Waals surface area contributed by atoms with Crippen LogP contribution in [-0.2, 0) is 23.9 Å². The van der Waals surface area contributed by atoms with Crippen molar-refractivity contribution in [2.24, 2.45) is 0 Å². The molecule has 3 amide bonds. The normalized spacial score (nSPS) is 13.3. The Morgan fingerprint density at radius 2 is 1.74 bits per heavy atom. The van der Waals surface area contributed by atoms with Crippen LogP contribution in [0.5, 0.6) is 5.75 Å². The van der Waals surface area contributed by atoms with Crippen LogP contribution in [0.15, 0.2) is 24.3 Å². The molecule has 1 aromatic carbocycles. The zero-order valence-corrected chi connectivity index (χ0v) is 21.2. The number of phenols is 1. The lowest BCUT2D eigenvalue weighted by Crippen LogP contribution is -2.58. The smallest absolute Gasteiger partial charge is 0.408 e. The molecule has 0 saturated carbocycles. The minimum absolute atomic E-state index is 0.0927. The van der Waals surface area contributed by atoms with E-state index in [-0.39, 0.29) is 5.75 Å². The van der Waals surface area contributed by atoms with Crippen LogP contribution >= 0.6 is 0 Å². The molecule has 0 aromatic heterocycles. The number of benzene rings is 1. The zero-order valence-electron chi connectivity index (χ0n) is 21.2. The van der Waals surface area contributed by atoms with Gasteiger partial charge in [0.2, 0.25) is 11.8 Å².